The third-order valence-electron chi connectivity index (χ3n) is 6.50. The molecule has 0 saturated heterocycles. The molecule has 0 fully saturated rings. The average Bonchev–Trinajstić information content (AvgIpc) is 2.91. The summed E-state index contributed by atoms with van der Waals surface area (Å²) in [6.45, 7) is 12.6. The van der Waals surface area contributed by atoms with Crippen LogP contribution < -0.4 is 0 Å². The summed E-state index contributed by atoms with van der Waals surface area (Å²) in [7, 11) is 0. The average molecular weight is 692 g/mol. The molecule has 0 N–H and O–H groups in total. The molecule has 0 aliphatic heterocycles. The van der Waals surface area contributed by atoms with Gasteiger partial charge in [0.15, 0.2) is 0 Å². The van der Waals surface area contributed by atoms with E-state index in [2.05, 4.69) is 13.8 Å². The first-order valence-corrected chi connectivity index (χ1v) is 18.5. The van der Waals surface area contributed by atoms with E-state index in [1.165, 1.54) is 167 Å². The fourth-order valence-electron chi connectivity index (χ4n) is 4.24. The summed E-state index contributed by atoms with van der Waals surface area (Å²) in [5.41, 5.74) is 0. The number of rotatable bonds is 26. The van der Waals surface area contributed by atoms with Gasteiger partial charge >= 0.3 is 23.9 Å². The first kappa shape index (κ1) is 50.1. The molecule has 0 saturated carbocycles. The molecule has 0 atom stereocenters. The predicted molar refractivity (Wildman–Crippen MR) is 193 cm³/mol. The molecule has 0 amide bonds. The summed E-state index contributed by atoms with van der Waals surface area (Å²) in [6.07, 6.45) is 41.0. The Hall–Kier alpha value is 1.50. The Morgan fingerprint density at radius 1 is 0.308 bits per heavy atom. The predicted octanol–water partition coefficient (Wildman–Crippen LogP) is 13.3. The maximum Gasteiger partial charge on any atom is 2.00 e. The first-order chi connectivity index (χ1) is 18.7. The van der Waals surface area contributed by atoms with Crippen LogP contribution in [0.4, 0.5) is 0 Å². The second kappa shape index (κ2) is 59.0. The van der Waals surface area contributed by atoms with E-state index in [4.69, 9.17) is 25.3 Å². The molecule has 4 radical (unpaired) electrons. The molecule has 0 aromatic rings. The van der Waals surface area contributed by atoms with E-state index in [0.717, 1.165) is 11.5 Å². The second-order valence-corrected chi connectivity index (χ2v) is 11.9. The standard InChI is InChI=1S/2C15H32S.2C3H7.Sn/c2*1-2-3-4-5-6-7-8-9-10-11-12-13-14-15-16;2*1-3-2;/h2*16H,2-15H2,1H3;2*3H,1-2H3;/q;;;;+2/p-2. The van der Waals surface area contributed by atoms with Gasteiger partial charge in [-0.3, -0.25) is 0 Å². The topological polar surface area (TPSA) is 0 Å². The molecule has 0 nitrogen and oxygen atoms in total. The minimum absolute atomic E-state index is 0. The van der Waals surface area contributed by atoms with Gasteiger partial charge in [0.05, 0.1) is 0 Å². The van der Waals surface area contributed by atoms with Crippen molar-refractivity contribution in [2.75, 3.05) is 11.5 Å². The molecule has 0 heterocycles. The SMILES string of the molecule is CCCCCCCCCCCCCCC[S-].CCCCCCCCCCCCCCC[S-].C[CH]C.C[CH]C.[Sn+2]. The number of hydrogen-bond donors (Lipinski definition) is 0. The van der Waals surface area contributed by atoms with E-state index in [9.17, 15) is 0 Å². The summed E-state index contributed by atoms with van der Waals surface area (Å²) in [5.74, 6) is 1.91. The van der Waals surface area contributed by atoms with Crippen molar-refractivity contribution < 1.29 is 0 Å². The van der Waals surface area contributed by atoms with Crippen LogP contribution in [0.25, 0.3) is 0 Å². The Labute approximate surface area is 280 Å². The Balaban J connectivity index is -0.000000160. The van der Waals surface area contributed by atoms with E-state index in [-0.39, 0.29) is 23.9 Å². The molecule has 0 aromatic heterocycles. The van der Waals surface area contributed by atoms with Gasteiger partial charge in [-0.05, 0) is 12.8 Å². The van der Waals surface area contributed by atoms with E-state index in [1.807, 2.05) is 40.5 Å². The van der Waals surface area contributed by atoms with Gasteiger partial charge in [-0.2, -0.15) is 11.5 Å². The molecule has 236 valence electrons. The normalized spacial score (nSPS) is 9.85. The number of hydrogen-bond acceptors (Lipinski definition) is 2. The van der Waals surface area contributed by atoms with Crippen molar-refractivity contribution in [1.82, 2.24) is 0 Å². The molecule has 0 spiro atoms. The van der Waals surface area contributed by atoms with Crippen molar-refractivity contribution >= 4 is 49.2 Å². The number of unbranched alkanes of at least 4 members (excludes halogenated alkanes) is 24. The second-order valence-electron chi connectivity index (χ2n) is 11.0. The summed E-state index contributed by atoms with van der Waals surface area (Å²) >= 11 is 9.86. The van der Waals surface area contributed by atoms with E-state index >= 15 is 0 Å². The van der Waals surface area contributed by atoms with E-state index in [1.54, 1.807) is 0 Å². The minimum atomic E-state index is 0. The fraction of sp³-hybridized carbons (Fsp3) is 0.944. The maximum absolute atomic E-state index is 4.93. The van der Waals surface area contributed by atoms with Gasteiger partial charge in [-0.1, -0.05) is 208 Å². The molecule has 0 rings (SSSR count). The van der Waals surface area contributed by atoms with E-state index in [0.29, 0.717) is 0 Å². The summed E-state index contributed by atoms with van der Waals surface area (Å²) in [5, 5.41) is 0. The molecule has 0 bridgehead atoms. The van der Waals surface area contributed by atoms with Gasteiger partial charge in [0.1, 0.15) is 0 Å². The monoisotopic (exact) mass is 692 g/mol. The van der Waals surface area contributed by atoms with Crippen molar-refractivity contribution in [2.24, 2.45) is 0 Å². The van der Waals surface area contributed by atoms with Crippen LogP contribution in [0.2, 0.25) is 0 Å². The summed E-state index contributed by atoms with van der Waals surface area (Å²) in [6, 6.07) is 0. The first-order valence-electron chi connectivity index (χ1n) is 17.3. The van der Waals surface area contributed by atoms with Crippen molar-refractivity contribution in [3.8, 4) is 0 Å². The quantitative estimate of drug-likeness (QED) is 0.0503. The smallest absolute Gasteiger partial charge is 0.793 e. The molecular formula is C36H76S2Sn. The zero-order valence-corrected chi connectivity index (χ0v) is 32.8. The van der Waals surface area contributed by atoms with Gasteiger partial charge in [0.25, 0.3) is 0 Å². The minimum Gasteiger partial charge on any atom is -0.793 e. The molecule has 0 aliphatic carbocycles. The molecule has 0 aromatic carbocycles. The molecule has 0 aliphatic rings. The van der Waals surface area contributed by atoms with Crippen LogP contribution in [0, 0.1) is 12.8 Å². The molecular weight excluding hydrogens is 615 g/mol. The van der Waals surface area contributed by atoms with Crippen molar-refractivity contribution in [1.29, 1.82) is 0 Å². The Morgan fingerprint density at radius 2 is 0.436 bits per heavy atom. The van der Waals surface area contributed by atoms with Crippen LogP contribution in [-0.4, -0.2) is 35.4 Å². The van der Waals surface area contributed by atoms with Gasteiger partial charge in [-0.25, -0.2) is 0 Å². The van der Waals surface area contributed by atoms with Gasteiger partial charge < -0.3 is 25.3 Å². The zero-order chi connectivity index (χ0) is 29.2. The van der Waals surface area contributed by atoms with Crippen LogP contribution in [0.3, 0.4) is 0 Å². The molecule has 3 heteroatoms. The van der Waals surface area contributed by atoms with Crippen LogP contribution >= 0.6 is 0 Å². The van der Waals surface area contributed by atoms with Crippen LogP contribution in [0.1, 0.15) is 208 Å². The van der Waals surface area contributed by atoms with Crippen LogP contribution in [-0.2, 0) is 25.3 Å². The third kappa shape index (κ3) is 73.4. The summed E-state index contributed by atoms with van der Waals surface area (Å²) in [4.78, 5) is 0. The molecule has 0 unspecified atom stereocenters. The van der Waals surface area contributed by atoms with Crippen LogP contribution in [0.15, 0.2) is 0 Å². The Bertz CT molecular complexity index is 254. The fourth-order valence-corrected chi connectivity index (χ4v) is 4.65. The Kier molecular flexibility index (Phi) is 75.9. The maximum atomic E-state index is 4.93. The van der Waals surface area contributed by atoms with Gasteiger partial charge in [-0.15, -0.1) is 0 Å². The zero-order valence-electron chi connectivity index (χ0n) is 28.3. The van der Waals surface area contributed by atoms with Crippen molar-refractivity contribution in [3.05, 3.63) is 12.8 Å². The van der Waals surface area contributed by atoms with Gasteiger partial charge in [0.2, 0.25) is 0 Å². The summed E-state index contributed by atoms with van der Waals surface area (Å²) < 4.78 is 0. The Morgan fingerprint density at radius 3 is 0.564 bits per heavy atom. The van der Waals surface area contributed by atoms with E-state index < -0.39 is 0 Å². The largest absolute Gasteiger partial charge is 2.00 e. The van der Waals surface area contributed by atoms with Crippen molar-refractivity contribution in [2.45, 2.75) is 208 Å². The van der Waals surface area contributed by atoms with Crippen molar-refractivity contribution in [3.63, 3.8) is 0 Å². The van der Waals surface area contributed by atoms with Crippen LogP contribution in [0.5, 0.6) is 0 Å². The third-order valence-corrected chi connectivity index (χ3v) is 7.07. The molecule has 39 heavy (non-hydrogen) atoms. The van der Waals surface area contributed by atoms with Gasteiger partial charge in [0, 0.05) is 0 Å².